The predicted molar refractivity (Wildman–Crippen MR) is 101 cm³/mol. The number of esters is 1. The van der Waals surface area contributed by atoms with Gasteiger partial charge in [0.2, 0.25) is 0 Å². The molecule has 0 saturated heterocycles. The average molecular weight is 428 g/mol. The van der Waals surface area contributed by atoms with Crippen molar-refractivity contribution in [3.63, 3.8) is 0 Å². The number of carbonyl (C=O) groups excluding carboxylic acids is 1. The lowest BCUT2D eigenvalue weighted by Gasteiger charge is -2.04. The highest BCUT2D eigenvalue weighted by molar-refractivity contribution is 14.1. The average Bonchev–Trinajstić information content (AvgIpc) is 2.62. The highest BCUT2D eigenvalue weighted by Crippen LogP contribution is 2.21. The third-order valence-corrected chi connectivity index (χ3v) is 3.88. The number of hydrogen-bond acceptors (Lipinski definition) is 4. The molecule has 0 aromatic heterocycles. The summed E-state index contributed by atoms with van der Waals surface area (Å²) in [6, 6.07) is 23.6. The molecule has 118 valence electrons. The summed E-state index contributed by atoms with van der Waals surface area (Å²) in [6.07, 6.45) is 0. The second-order valence-electron chi connectivity index (χ2n) is 4.93. The van der Waals surface area contributed by atoms with Crippen molar-refractivity contribution in [3.8, 4) is 5.75 Å². The van der Waals surface area contributed by atoms with Crippen molar-refractivity contribution in [2.75, 3.05) is 0 Å². The largest absolute Gasteiger partial charge is 0.423 e. The first-order valence-corrected chi connectivity index (χ1v) is 8.33. The van der Waals surface area contributed by atoms with Crippen molar-refractivity contribution < 1.29 is 9.53 Å². The van der Waals surface area contributed by atoms with Crippen molar-refractivity contribution in [3.05, 3.63) is 88.0 Å². The van der Waals surface area contributed by atoms with Gasteiger partial charge in [0.1, 0.15) is 5.75 Å². The number of carbonyl (C=O) groups is 1. The molecule has 5 heteroatoms. The number of benzene rings is 3. The highest BCUT2D eigenvalue weighted by Gasteiger charge is 2.08. The highest BCUT2D eigenvalue weighted by atomic mass is 127. The first-order chi connectivity index (χ1) is 11.7. The minimum absolute atomic E-state index is 0.384. The van der Waals surface area contributed by atoms with Crippen LogP contribution in [0.2, 0.25) is 0 Å². The van der Waals surface area contributed by atoms with Crippen molar-refractivity contribution in [1.82, 2.24) is 0 Å². The zero-order chi connectivity index (χ0) is 16.8. The monoisotopic (exact) mass is 428 g/mol. The van der Waals surface area contributed by atoms with E-state index in [-0.39, 0.29) is 5.97 Å². The van der Waals surface area contributed by atoms with Crippen LogP contribution < -0.4 is 4.74 Å². The molecule has 0 fully saturated rings. The molecule has 0 aliphatic heterocycles. The molecular formula is C19H13IN2O2. The maximum Gasteiger partial charge on any atom is 0.343 e. The van der Waals surface area contributed by atoms with Crippen LogP contribution in [0.4, 0.5) is 11.4 Å². The molecule has 0 bridgehead atoms. The third kappa shape index (κ3) is 4.48. The summed E-state index contributed by atoms with van der Waals surface area (Å²) in [6.45, 7) is 0. The molecule has 3 aromatic rings. The van der Waals surface area contributed by atoms with Gasteiger partial charge in [-0.1, -0.05) is 18.2 Å². The topological polar surface area (TPSA) is 51.0 Å². The first-order valence-electron chi connectivity index (χ1n) is 7.25. The van der Waals surface area contributed by atoms with Crippen molar-refractivity contribution in [2.24, 2.45) is 10.2 Å². The van der Waals surface area contributed by atoms with Crippen LogP contribution in [0.5, 0.6) is 5.75 Å². The first kappa shape index (κ1) is 16.3. The third-order valence-electron chi connectivity index (χ3n) is 3.16. The molecule has 0 heterocycles. The van der Waals surface area contributed by atoms with Crippen LogP contribution >= 0.6 is 22.6 Å². The summed E-state index contributed by atoms with van der Waals surface area (Å²) in [5, 5.41) is 8.29. The maximum absolute atomic E-state index is 12.1. The van der Waals surface area contributed by atoms with Crippen molar-refractivity contribution in [2.45, 2.75) is 0 Å². The predicted octanol–water partition coefficient (Wildman–Crippen LogP) is 5.93. The molecule has 0 saturated carbocycles. The zero-order valence-electron chi connectivity index (χ0n) is 12.6. The normalized spacial score (nSPS) is 10.7. The molecule has 0 atom stereocenters. The molecule has 0 unspecified atom stereocenters. The Morgan fingerprint density at radius 2 is 1.33 bits per heavy atom. The van der Waals surface area contributed by atoms with Gasteiger partial charge in [-0.3, -0.25) is 0 Å². The summed E-state index contributed by atoms with van der Waals surface area (Å²) in [7, 11) is 0. The van der Waals surface area contributed by atoms with Crippen LogP contribution in [0.25, 0.3) is 0 Å². The van der Waals surface area contributed by atoms with E-state index < -0.39 is 0 Å². The molecule has 4 nitrogen and oxygen atoms in total. The lowest BCUT2D eigenvalue weighted by atomic mass is 10.2. The SMILES string of the molecule is O=C(Oc1ccc(N=Nc2ccccc2)cc1)c1ccc(I)cc1. The maximum atomic E-state index is 12.1. The quantitative estimate of drug-likeness (QED) is 0.224. The molecule has 0 aliphatic rings. The second kappa shape index (κ2) is 7.83. The molecule has 0 aliphatic carbocycles. The molecule has 3 rings (SSSR count). The van der Waals surface area contributed by atoms with Crippen molar-refractivity contribution >= 4 is 39.9 Å². The molecule has 0 radical (unpaired) electrons. The lowest BCUT2D eigenvalue weighted by molar-refractivity contribution is 0.0735. The van der Waals surface area contributed by atoms with E-state index in [4.69, 9.17) is 4.74 Å². The van der Waals surface area contributed by atoms with Crippen LogP contribution in [0.15, 0.2) is 89.1 Å². The number of nitrogens with zero attached hydrogens (tertiary/aromatic N) is 2. The van der Waals surface area contributed by atoms with E-state index in [1.807, 2.05) is 42.5 Å². The smallest absolute Gasteiger partial charge is 0.343 e. The van der Waals surface area contributed by atoms with Crippen LogP contribution in [0.1, 0.15) is 10.4 Å². The Bertz CT molecular complexity index is 845. The van der Waals surface area contributed by atoms with E-state index in [0.717, 1.165) is 9.26 Å². The van der Waals surface area contributed by atoms with E-state index in [1.54, 1.807) is 36.4 Å². The van der Waals surface area contributed by atoms with Crippen LogP contribution in [0, 0.1) is 3.57 Å². The van der Waals surface area contributed by atoms with Gasteiger partial charge in [-0.2, -0.15) is 10.2 Å². The molecule has 3 aromatic carbocycles. The Morgan fingerprint density at radius 3 is 1.96 bits per heavy atom. The van der Waals surface area contributed by atoms with Crippen LogP contribution in [-0.4, -0.2) is 5.97 Å². The number of halogens is 1. The van der Waals surface area contributed by atoms with Gasteiger partial charge in [-0.25, -0.2) is 4.79 Å². The Balaban J connectivity index is 1.65. The number of hydrogen-bond donors (Lipinski definition) is 0. The molecule has 24 heavy (non-hydrogen) atoms. The van der Waals surface area contributed by atoms with Crippen LogP contribution in [-0.2, 0) is 0 Å². The van der Waals surface area contributed by atoms with E-state index >= 15 is 0 Å². The van der Waals surface area contributed by atoms with Gasteiger partial charge >= 0.3 is 5.97 Å². The summed E-state index contributed by atoms with van der Waals surface area (Å²) in [5.41, 5.74) is 1.99. The standard InChI is InChI=1S/C19H13IN2O2/c20-15-8-6-14(7-9-15)19(23)24-18-12-10-17(11-13-18)22-21-16-4-2-1-3-5-16/h1-13H. The second-order valence-corrected chi connectivity index (χ2v) is 6.17. The zero-order valence-corrected chi connectivity index (χ0v) is 14.8. The van der Waals surface area contributed by atoms with Gasteiger partial charge in [0.15, 0.2) is 0 Å². The lowest BCUT2D eigenvalue weighted by Crippen LogP contribution is -2.08. The van der Waals surface area contributed by atoms with Gasteiger partial charge in [0.05, 0.1) is 16.9 Å². The molecule has 0 spiro atoms. The summed E-state index contributed by atoms with van der Waals surface area (Å²) >= 11 is 2.19. The van der Waals surface area contributed by atoms with Crippen LogP contribution in [0.3, 0.4) is 0 Å². The number of azo groups is 1. The minimum Gasteiger partial charge on any atom is -0.423 e. The Morgan fingerprint density at radius 1 is 0.750 bits per heavy atom. The van der Waals surface area contributed by atoms with Gasteiger partial charge in [0, 0.05) is 3.57 Å². The van der Waals surface area contributed by atoms with Gasteiger partial charge in [0.25, 0.3) is 0 Å². The fraction of sp³-hybridized carbons (Fsp3) is 0. The summed E-state index contributed by atoms with van der Waals surface area (Å²) in [4.78, 5) is 12.1. The minimum atomic E-state index is -0.384. The van der Waals surface area contributed by atoms with E-state index in [1.165, 1.54) is 0 Å². The Labute approximate surface area is 153 Å². The van der Waals surface area contributed by atoms with Gasteiger partial charge in [-0.15, -0.1) is 0 Å². The number of ether oxygens (including phenoxy) is 1. The fourth-order valence-corrected chi connectivity index (χ4v) is 2.30. The molecule has 0 N–H and O–H groups in total. The van der Waals surface area contributed by atoms with Gasteiger partial charge in [-0.05, 0) is 83.3 Å². The summed E-state index contributed by atoms with van der Waals surface area (Å²) in [5.74, 6) is 0.0854. The molecular weight excluding hydrogens is 415 g/mol. The van der Waals surface area contributed by atoms with Crippen molar-refractivity contribution in [1.29, 1.82) is 0 Å². The fourth-order valence-electron chi connectivity index (χ4n) is 1.94. The Kier molecular flexibility index (Phi) is 5.32. The number of rotatable bonds is 4. The molecule has 0 amide bonds. The summed E-state index contributed by atoms with van der Waals surface area (Å²) < 4.78 is 6.41. The van der Waals surface area contributed by atoms with E-state index in [9.17, 15) is 4.79 Å². The van der Waals surface area contributed by atoms with E-state index in [2.05, 4.69) is 32.8 Å². The van der Waals surface area contributed by atoms with E-state index in [0.29, 0.717) is 17.0 Å². The Hall–Kier alpha value is -2.54. The van der Waals surface area contributed by atoms with Gasteiger partial charge < -0.3 is 4.74 Å².